The van der Waals surface area contributed by atoms with E-state index in [4.69, 9.17) is 10.2 Å². The zero-order valence-corrected chi connectivity index (χ0v) is 26.5. The second-order valence-corrected chi connectivity index (χ2v) is 12.4. The fourth-order valence-electron chi connectivity index (χ4n) is 6.32. The molecule has 7 nitrogen and oxygen atoms in total. The molecule has 6 rings (SSSR count). The van der Waals surface area contributed by atoms with Crippen molar-refractivity contribution in [1.82, 2.24) is 20.1 Å². The maximum atomic E-state index is 13.8. The van der Waals surface area contributed by atoms with E-state index in [9.17, 15) is 18.0 Å². The number of primary amides is 1. The van der Waals surface area contributed by atoms with Gasteiger partial charge in [0.05, 0.1) is 0 Å². The molecule has 0 saturated carbocycles. The molecule has 1 unspecified atom stereocenters. The molecule has 0 bridgehead atoms. The molecule has 3 aromatic carbocycles. The molecule has 1 atom stereocenters. The highest BCUT2D eigenvalue weighted by Crippen LogP contribution is 2.45. The minimum Gasteiger partial charge on any atom is -0.421 e. The van der Waals surface area contributed by atoms with Gasteiger partial charge in [-0.1, -0.05) is 38.1 Å². The average molecular weight is 640 g/mol. The number of nitrogens with zero attached hydrogens (tertiary/aromatic N) is 3. The highest BCUT2D eigenvalue weighted by atomic mass is 19.2. The van der Waals surface area contributed by atoms with Gasteiger partial charge in [0.1, 0.15) is 5.82 Å². The lowest BCUT2D eigenvalue weighted by atomic mass is 9.77. The van der Waals surface area contributed by atoms with Crippen LogP contribution in [0, 0.1) is 30.3 Å². The van der Waals surface area contributed by atoms with Crippen molar-refractivity contribution in [2.45, 2.75) is 58.9 Å². The number of hydrogen-bond acceptors (Lipinski definition) is 5. The van der Waals surface area contributed by atoms with Crippen LogP contribution in [0.15, 0.2) is 94.3 Å². The third-order valence-corrected chi connectivity index (χ3v) is 8.49. The van der Waals surface area contributed by atoms with E-state index in [1.165, 1.54) is 18.2 Å². The Hall–Kier alpha value is -5.12. The fraction of sp³-hybridized carbons (Fsp3) is 0.270. The standard InChI is InChI=1S/C37H36F3N5O2/c1-21(2)18-31-34(36(41)46)33(35(37-44-43-22(3)47-37)30(42-31)12-7-23-4-9-27(38)10-5-23)26-8-13-32-25(20-26)15-17-45(32)16-14-24-6-11-28(39)29(40)19-24/h4-6,8-11,13,15,17,19-21,33,42H,7,12,14,16,18H2,1-3H3,(H2,41,46). The number of aryl methyl sites for hydroxylation is 4. The molecule has 3 N–H and O–H groups in total. The van der Waals surface area contributed by atoms with E-state index < -0.39 is 23.5 Å². The van der Waals surface area contributed by atoms with Crippen molar-refractivity contribution in [3.8, 4) is 0 Å². The van der Waals surface area contributed by atoms with Gasteiger partial charge in [0, 0.05) is 53.6 Å². The minimum absolute atomic E-state index is 0.226. The van der Waals surface area contributed by atoms with E-state index in [1.54, 1.807) is 25.1 Å². The Morgan fingerprint density at radius 2 is 1.68 bits per heavy atom. The number of carbonyl (C=O) groups is 1. The van der Waals surface area contributed by atoms with E-state index in [0.29, 0.717) is 60.7 Å². The number of rotatable bonds is 11. The molecule has 242 valence electrons. The summed E-state index contributed by atoms with van der Waals surface area (Å²) in [5.74, 6) is -2.27. The maximum absolute atomic E-state index is 13.8. The SMILES string of the molecule is Cc1nnc(C2=C(CCc3ccc(F)cc3)NC(CC(C)C)=C(C(N)=O)C2c2ccc3c(ccn3CCc3ccc(F)c(F)c3)c2)o1. The predicted octanol–water partition coefficient (Wildman–Crippen LogP) is 7.51. The lowest BCUT2D eigenvalue weighted by Gasteiger charge is -2.33. The van der Waals surface area contributed by atoms with Crippen LogP contribution < -0.4 is 11.1 Å². The van der Waals surface area contributed by atoms with Crippen molar-refractivity contribution in [2.75, 3.05) is 0 Å². The molecule has 1 aliphatic rings. The van der Waals surface area contributed by atoms with Gasteiger partial charge in [-0.25, -0.2) is 13.2 Å². The number of fused-ring (bicyclic) bond motifs is 1. The van der Waals surface area contributed by atoms with Crippen LogP contribution in [0.4, 0.5) is 13.2 Å². The van der Waals surface area contributed by atoms with Gasteiger partial charge in [0.2, 0.25) is 17.7 Å². The van der Waals surface area contributed by atoms with Crippen molar-refractivity contribution in [3.05, 3.63) is 136 Å². The zero-order valence-electron chi connectivity index (χ0n) is 26.5. The normalized spacial score (nSPS) is 15.2. The number of benzene rings is 3. The van der Waals surface area contributed by atoms with Crippen LogP contribution in [0.5, 0.6) is 0 Å². The van der Waals surface area contributed by atoms with Crippen LogP contribution in [0.1, 0.15) is 61.1 Å². The quantitative estimate of drug-likeness (QED) is 0.156. The lowest BCUT2D eigenvalue weighted by Crippen LogP contribution is -2.33. The van der Waals surface area contributed by atoms with Crippen molar-refractivity contribution in [2.24, 2.45) is 11.7 Å². The topological polar surface area (TPSA) is 99.0 Å². The van der Waals surface area contributed by atoms with Gasteiger partial charge in [-0.15, -0.1) is 10.2 Å². The first-order valence-electron chi connectivity index (χ1n) is 15.7. The molecular weight excluding hydrogens is 603 g/mol. The van der Waals surface area contributed by atoms with Crippen LogP contribution in [-0.4, -0.2) is 20.7 Å². The lowest BCUT2D eigenvalue weighted by molar-refractivity contribution is -0.114. The number of nitrogens with one attached hydrogen (secondary N) is 1. The molecular formula is C37H36F3N5O2. The van der Waals surface area contributed by atoms with Crippen molar-refractivity contribution in [3.63, 3.8) is 0 Å². The Morgan fingerprint density at radius 1 is 0.915 bits per heavy atom. The van der Waals surface area contributed by atoms with Crippen molar-refractivity contribution in [1.29, 1.82) is 0 Å². The molecule has 0 spiro atoms. The molecule has 0 radical (unpaired) electrons. The van der Waals surface area contributed by atoms with Gasteiger partial charge < -0.3 is 20.0 Å². The van der Waals surface area contributed by atoms with E-state index in [0.717, 1.165) is 39.5 Å². The predicted molar refractivity (Wildman–Crippen MR) is 174 cm³/mol. The van der Waals surface area contributed by atoms with E-state index in [-0.39, 0.29) is 11.7 Å². The second kappa shape index (κ2) is 13.3. The van der Waals surface area contributed by atoms with E-state index in [2.05, 4.69) is 33.9 Å². The Kier molecular flexibility index (Phi) is 9.02. The summed E-state index contributed by atoms with van der Waals surface area (Å²) in [6.07, 6.45) is 4.21. The number of carbonyl (C=O) groups excluding carboxylic acids is 1. The molecule has 0 saturated heterocycles. The highest BCUT2D eigenvalue weighted by molar-refractivity contribution is 6.00. The van der Waals surface area contributed by atoms with Gasteiger partial charge in [-0.2, -0.15) is 0 Å². The van der Waals surface area contributed by atoms with Crippen LogP contribution in [0.3, 0.4) is 0 Å². The number of nitrogens with two attached hydrogens (primary N) is 1. The van der Waals surface area contributed by atoms with Gasteiger partial charge in [-0.3, -0.25) is 4.79 Å². The molecule has 1 aliphatic heterocycles. The molecule has 10 heteroatoms. The summed E-state index contributed by atoms with van der Waals surface area (Å²) in [6, 6.07) is 18.4. The number of dihydropyridines is 1. The summed E-state index contributed by atoms with van der Waals surface area (Å²) in [7, 11) is 0. The molecule has 2 aromatic heterocycles. The van der Waals surface area contributed by atoms with Crippen LogP contribution in [0.2, 0.25) is 0 Å². The van der Waals surface area contributed by atoms with Gasteiger partial charge in [0.25, 0.3) is 0 Å². The maximum Gasteiger partial charge on any atom is 0.247 e. The molecule has 0 aliphatic carbocycles. The van der Waals surface area contributed by atoms with Crippen molar-refractivity contribution >= 4 is 22.4 Å². The summed E-state index contributed by atoms with van der Waals surface area (Å²) >= 11 is 0. The Labute approximate surface area is 271 Å². The number of allylic oxidation sites excluding steroid dienone is 3. The molecule has 1 amide bonds. The van der Waals surface area contributed by atoms with Crippen LogP contribution >= 0.6 is 0 Å². The molecule has 3 heterocycles. The molecule has 47 heavy (non-hydrogen) atoms. The summed E-state index contributed by atoms with van der Waals surface area (Å²) in [5.41, 5.74) is 12.3. The number of halogens is 3. The Balaban J connectivity index is 1.43. The zero-order chi connectivity index (χ0) is 33.2. The first-order chi connectivity index (χ1) is 22.6. The second-order valence-electron chi connectivity index (χ2n) is 12.4. The monoisotopic (exact) mass is 639 g/mol. The van der Waals surface area contributed by atoms with Crippen LogP contribution in [0.25, 0.3) is 16.5 Å². The van der Waals surface area contributed by atoms with Gasteiger partial charge >= 0.3 is 0 Å². The smallest absolute Gasteiger partial charge is 0.247 e. The minimum atomic E-state index is -0.866. The molecule has 0 fully saturated rings. The first-order valence-corrected chi connectivity index (χ1v) is 15.7. The first kappa shape index (κ1) is 31.8. The van der Waals surface area contributed by atoms with Gasteiger partial charge in [-0.05, 0) is 96.1 Å². The largest absolute Gasteiger partial charge is 0.421 e. The van der Waals surface area contributed by atoms with E-state index in [1.807, 2.05) is 30.5 Å². The van der Waals surface area contributed by atoms with Crippen LogP contribution in [-0.2, 0) is 24.2 Å². The highest BCUT2D eigenvalue weighted by Gasteiger charge is 2.37. The Bertz CT molecular complexity index is 2010. The fourth-order valence-corrected chi connectivity index (χ4v) is 6.32. The van der Waals surface area contributed by atoms with Crippen molar-refractivity contribution < 1.29 is 22.4 Å². The summed E-state index contributed by atoms with van der Waals surface area (Å²) in [5, 5.41) is 13.0. The summed E-state index contributed by atoms with van der Waals surface area (Å²) < 4.78 is 48.9. The average Bonchev–Trinajstić information content (AvgIpc) is 3.65. The number of aromatic nitrogens is 3. The van der Waals surface area contributed by atoms with E-state index >= 15 is 0 Å². The molecule has 5 aromatic rings. The third-order valence-electron chi connectivity index (χ3n) is 8.49. The Morgan fingerprint density at radius 3 is 2.36 bits per heavy atom. The number of hydrogen-bond donors (Lipinski definition) is 2. The van der Waals surface area contributed by atoms with Gasteiger partial charge in [0.15, 0.2) is 11.6 Å². The summed E-state index contributed by atoms with van der Waals surface area (Å²) in [4.78, 5) is 13.3. The summed E-state index contributed by atoms with van der Waals surface area (Å²) in [6.45, 7) is 6.43. The number of amides is 1. The third kappa shape index (κ3) is 6.86.